The van der Waals surface area contributed by atoms with E-state index in [9.17, 15) is 0 Å². The fourth-order valence-electron chi connectivity index (χ4n) is 1.95. The molecule has 1 rings (SSSR count). The Morgan fingerprint density at radius 2 is 1.78 bits per heavy atom. The minimum absolute atomic E-state index is 0.837. The molecule has 18 heavy (non-hydrogen) atoms. The average Bonchev–Trinajstić information content (AvgIpc) is 2.38. The van der Waals surface area contributed by atoms with Gasteiger partial charge in [-0.3, -0.25) is 0 Å². The van der Waals surface area contributed by atoms with E-state index in [1.807, 2.05) is 12.1 Å². The minimum atomic E-state index is 0.837. The summed E-state index contributed by atoms with van der Waals surface area (Å²) in [6, 6.07) is 8.33. The van der Waals surface area contributed by atoms with Gasteiger partial charge in [0.15, 0.2) is 0 Å². The van der Waals surface area contributed by atoms with Crippen LogP contribution in [0.2, 0.25) is 0 Å². The van der Waals surface area contributed by atoms with Gasteiger partial charge in [-0.2, -0.15) is 0 Å². The van der Waals surface area contributed by atoms with E-state index in [4.69, 9.17) is 4.74 Å². The predicted molar refractivity (Wildman–Crippen MR) is 78.3 cm³/mol. The maximum absolute atomic E-state index is 5.14. The van der Waals surface area contributed by atoms with Crippen molar-refractivity contribution >= 4 is 0 Å². The number of ether oxygens (including phenoxy) is 1. The maximum atomic E-state index is 5.14. The van der Waals surface area contributed by atoms with Crippen LogP contribution in [0, 0.1) is 5.92 Å². The lowest BCUT2D eigenvalue weighted by atomic mass is 10.1. The van der Waals surface area contributed by atoms with Crippen molar-refractivity contribution < 1.29 is 4.74 Å². The summed E-state index contributed by atoms with van der Waals surface area (Å²) in [5.74, 6) is 1.77. The number of methoxy groups -OCH3 is 1. The normalized spacial score (nSPS) is 10.9. The highest BCUT2D eigenvalue weighted by Crippen LogP contribution is 2.11. The Morgan fingerprint density at radius 1 is 1.06 bits per heavy atom. The summed E-state index contributed by atoms with van der Waals surface area (Å²) in [5, 5.41) is 3.50. The largest absolute Gasteiger partial charge is 0.497 e. The van der Waals surface area contributed by atoms with Gasteiger partial charge >= 0.3 is 0 Å². The van der Waals surface area contributed by atoms with Crippen LogP contribution in [0.5, 0.6) is 5.75 Å². The van der Waals surface area contributed by atoms with Crippen LogP contribution in [0.4, 0.5) is 0 Å². The number of hydrogen-bond donors (Lipinski definition) is 1. The molecule has 0 amide bonds. The van der Waals surface area contributed by atoms with Crippen LogP contribution < -0.4 is 10.1 Å². The van der Waals surface area contributed by atoms with Gasteiger partial charge in [-0.15, -0.1) is 0 Å². The summed E-state index contributed by atoms with van der Waals surface area (Å²) >= 11 is 0. The van der Waals surface area contributed by atoms with Gasteiger partial charge < -0.3 is 10.1 Å². The molecular formula is C16H27NO. The van der Waals surface area contributed by atoms with Gasteiger partial charge in [-0.25, -0.2) is 0 Å². The molecule has 1 N–H and O–H groups in total. The van der Waals surface area contributed by atoms with Gasteiger partial charge in [0.05, 0.1) is 7.11 Å². The summed E-state index contributed by atoms with van der Waals surface area (Å²) in [5.41, 5.74) is 1.37. The fourth-order valence-corrected chi connectivity index (χ4v) is 1.95. The van der Waals surface area contributed by atoms with E-state index in [-0.39, 0.29) is 0 Å². The van der Waals surface area contributed by atoms with Crippen LogP contribution in [-0.4, -0.2) is 20.2 Å². The molecule has 1 aromatic carbocycles. The lowest BCUT2D eigenvalue weighted by Gasteiger charge is -2.07. The SMILES string of the molecule is COc1ccc(CCNCCCCC(C)C)cc1. The second-order valence-electron chi connectivity index (χ2n) is 5.24. The highest BCUT2D eigenvalue weighted by Gasteiger charge is 1.96. The first-order valence-electron chi connectivity index (χ1n) is 7.06. The molecule has 0 heterocycles. The zero-order valence-electron chi connectivity index (χ0n) is 12.0. The van der Waals surface area contributed by atoms with Crippen molar-refractivity contribution in [2.24, 2.45) is 5.92 Å². The molecule has 1 aromatic rings. The number of hydrogen-bond acceptors (Lipinski definition) is 2. The van der Waals surface area contributed by atoms with Gasteiger partial charge in [0.25, 0.3) is 0 Å². The molecule has 0 fully saturated rings. The van der Waals surface area contributed by atoms with E-state index >= 15 is 0 Å². The van der Waals surface area contributed by atoms with Crippen molar-refractivity contribution in [1.29, 1.82) is 0 Å². The topological polar surface area (TPSA) is 21.3 Å². The van der Waals surface area contributed by atoms with Crippen molar-refractivity contribution in [1.82, 2.24) is 5.32 Å². The molecule has 0 saturated heterocycles. The third-order valence-corrected chi connectivity index (χ3v) is 3.13. The quantitative estimate of drug-likeness (QED) is 0.674. The molecule has 0 radical (unpaired) electrons. The van der Waals surface area contributed by atoms with Crippen LogP contribution in [0.15, 0.2) is 24.3 Å². The lowest BCUT2D eigenvalue weighted by Crippen LogP contribution is -2.18. The smallest absolute Gasteiger partial charge is 0.118 e. The molecule has 2 nitrogen and oxygen atoms in total. The van der Waals surface area contributed by atoms with Gasteiger partial charge in [-0.1, -0.05) is 38.8 Å². The third-order valence-electron chi connectivity index (χ3n) is 3.13. The Bertz CT molecular complexity index is 305. The minimum Gasteiger partial charge on any atom is -0.497 e. The van der Waals surface area contributed by atoms with Crippen LogP contribution in [0.1, 0.15) is 38.7 Å². The average molecular weight is 249 g/mol. The lowest BCUT2D eigenvalue weighted by molar-refractivity contribution is 0.414. The summed E-state index contributed by atoms with van der Waals surface area (Å²) in [6.45, 7) is 6.78. The van der Waals surface area contributed by atoms with E-state index in [2.05, 4.69) is 31.3 Å². The van der Waals surface area contributed by atoms with Crippen LogP contribution >= 0.6 is 0 Å². The van der Waals surface area contributed by atoms with Crippen molar-refractivity contribution in [2.75, 3.05) is 20.2 Å². The second-order valence-corrected chi connectivity index (χ2v) is 5.24. The van der Waals surface area contributed by atoms with Crippen LogP contribution in [0.3, 0.4) is 0 Å². The molecule has 0 aliphatic carbocycles. The molecule has 2 heteroatoms. The molecule has 0 bridgehead atoms. The highest BCUT2D eigenvalue weighted by molar-refractivity contribution is 5.27. The molecule has 0 aliphatic rings. The molecule has 0 atom stereocenters. The maximum Gasteiger partial charge on any atom is 0.118 e. The summed E-state index contributed by atoms with van der Waals surface area (Å²) < 4.78 is 5.14. The first kappa shape index (κ1) is 15.0. The fraction of sp³-hybridized carbons (Fsp3) is 0.625. The number of nitrogens with one attached hydrogen (secondary N) is 1. The zero-order valence-corrected chi connectivity index (χ0v) is 12.0. The molecule has 0 aliphatic heterocycles. The van der Waals surface area contributed by atoms with Gasteiger partial charge in [-0.05, 0) is 49.5 Å². The third kappa shape index (κ3) is 6.65. The van der Waals surface area contributed by atoms with Gasteiger partial charge in [0.1, 0.15) is 5.75 Å². The number of rotatable bonds is 9. The first-order valence-corrected chi connectivity index (χ1v) is 7.06. The summed E-state index contributed by atoms with van der Waals surface area (Å²) in [4.78, 5) is 0. The van der Waals surface area contributed by atoms with Crippen molar-refractivity contribution in [3.05, 3.63) is 29.8 Å². The molecule has 102 valence electrons. The van der Waals surface area contributed by atoms with Gasteiger partial charge in [0.2, 0.25) is 0 Å². The second kappa shape index (κ2) is 8.98. The first-order chi connectivity index (χ1) is 8.72. The predicted octanol–water partition coefficient (Wildman–Crippen LogP) is 3.65. The Balaban J connectivity index is 2.03. The van der Waals surface area contributed by atoms with Crippen molar-refractivity contribution in [3.63, 3.8) is 0 Å². The van der Waals surface area contributed by atoms with Gasteiger partial charge in [0, 0.05) is 0 Å². The number of benzene rings is 1. The standard InChI is InChI=1S/C16H27NO/c1-14(2)6-4-5-12-17-13-11-15-7-9-16(18-3)10-8-15/h7-10,14,17H,4-6,11-13H2,1-3H3. The van der Waals surface area contributed by atoms with Crippen LogP contribution in [0.25, 0.3) is 0 Å². The monoisotopic (exact) mass is 249 g/mol. The van der Waals surface area contributed by atoms with Crippen molar-refractivity contribution in [3.8, 4) is 5.75 Å². The van der Waals surface area contributed by atoms with E-state index in [0.717, 1.165) is 31.2 Å². The molecule has 0 unspecified atom stereocenters. The Kier molecular flexibility index (Phi) is 7.51. The molecule has 0 saturated carbocycles. The van der Waals surface area contributed by atoms with E-state index in [1.165, 1.54) is 24.8 Å². The van der Waals surface area contributed by atoms with Crippen LogP contribution in [-0.2, 0) is 6.42 Å². The highest BCUT2D eigenvalue weighted by atomic mass is 16.5. The Morgan fingerprint density at radius 3 is 2.39 bits per heavy atom. The molecule has 0 spiro atoms. The molecular weight excluding hydrogens is 222 g/mol. The molecule has 0 aromatic heterocycles. The zero-order chi connectivity index (χ0) is 13.2. The van der Waals surface area contributed by atoms with E-state index < -0.39 is 0 Å². The Labute approximate surface area is 112 Å². The summed E-state index contributed by atoms with van der Waals surface area (Å²) in [6.07, 6.45) is 5.07. The Hall–Kier alpha value is -1.02. The van der Waals surface area contributed by atoms with E-state index in [1.54, 1.807) is 7.11 Å². The number of unbranched alkanes of at least 4 members (excludes halogenated alkanes) is 1. The summed E-state index contributed by atoms with van der Waals surface area (Å²) in [7, 11) is 1.70. The van der Waals surface area contributed by atoms with Crippen molar-refractivity contribution in [2.45, 2.75) is 39.5 Å². The van der Waals surface area contributed by atoms with E-state index in [0.29, 0.717) is 0 Å².